The van der Waals surface area contributed by atoms with Crippen LogP contribution in [-0.4, -0.2) is 58.5 Å². The lowest BCUT2D eigenvalue weighted by Crippen LogP contribution is -2.38. The van der Waals surface area contributed by atoms with Crippen LogP contribution < -0.4 is 5.56 Å². The van der Waals surface area contributed by atoms with Gasteiger partial charge in [-0.05, 0) is 39.1 Å². The van der Waals surface area contributed by atoms with E-state index < -0.39 is 0 Å². The van der Waals surface area contributed by atoms with E-state index in [0.29, 0.717) is 35.2 Å². The minimum atomic E-state index is -0.150. The van der Waals surface area contributed by atoms with E-state index >= 15 is 0 Å². The van der Waals surface area contributed by atoms with Crippen LogP contribution in [0.1, 0.15) is 12.7 Å². The molecule has 0 unspecified atom stereocenters. The zero-order chi connectivity index (χ0) is 17.4. The normalized spacial score (nSPS) is 21.0. The summed E-state index contributed by atoms with van der Waals surface area (Å²) in [4.78, 5) is 33.8. The van der Waals surface area contributed by atoms with E-state index in [1.807, 2.05) is 37.2 Å². The van der Waals surface area contributed by atoms with Crippen molar-refractivity contribution in [3.8, 4) is 0 Å². The molecule has 1 aliphatic heterocycles. The molecule has 0 N–H and O–H groups in total. The van der Waals surface area contributed by atoms with Crippen LogP contribution in [0, 0.1) is 12.8 Å². The molecular formula is C18H24N4O2. The second kappa shape index (κ2) is 6.36. The van der Waals surface area contributed by atoms with Crippen LogP contribution in [-0.2, 0) is 11.3 Å². The van der Waals surface area contributed by atoms with Crippen molar-refractivity contribution in [1.82, 2.24) is 19.4 Å². The maximum Gasteiger partial charge on any atom is 0.261 e. The number of benzene rings is 1. The Kier molecular flexibility index (Phi) is 4.41. The van der Waals surface area contributed by atoms with E-state index in [0.717, 1.165) is 6.54 Å². The molecule has 1 aromatic heterocycles. The highest BCUT2D eigenvalue weighted by molar-refractivity contribution is 5.79. The summed E-state index contributed by atoms with van der Waals surface area (Å²) in [6, 6.07) is 7.61. The van der Waals surface area contributed by atoms with Gasteiger partial charge in [-0.1, -0.05) is 19.1 Å². The minimum Gasteiger partial charge on any atom is -0.339 e. The highest BCUT2D eigenvalue weighted by Gasteiger charge is 2.33. The lowest BCUT2D eigenvalue weighted by atomic mass is 10.1. The van der Waals surface area contributed by atoms with Crippen LogP contribution >= 0.6 is 0 Å². The number of amides is 1. The van der Waals surface area contributed by atoms with Crippen molar-refractivity contribution in [2.45, 2.75) is 26.4 Å². The van der Waals surface area contributed by atoms with Gasteiger partial charge in [0, 0.05) is 19.1 Å². The smallest absolute Gasteiger partial charge is 0.261 e. The molecule has 1 aliphatic rings. The Balaban J connectivity index is 1.85. The van der Waals surface area contributed by atoms with Gasteiger partial charge < -0.3 is 9.80 Å². The summed E-state index contributed by atoms with van der Waals surface area (Å²) in [5.74, 6) is 0.980. The molecule has 2 aromatic rings. The van der Waals surface area contributed by atoms with Crippen molar-refractivity contribution >= 4 is 16.8 Å². The first-order valence-electron chi connectivity index (χ1n) is 8.29. The highest BCUT2D eigenvalue weighted by Crippen LogP contribution is 2.20. The molecule has 0 bridgehead atoms. The third-order valence-corrected chi connectivity index (χ3v) is 4.93. The Morgan fingerprint density at radius 1 is 1.29 bits per heavy atom. The van der Waals surface area contributed by atoms with Crippen molar-refractivity contribution in [1.29, 1.82) is 0 Å². The van der Waals surface area contributed by atoms with Gasteiger partial charge in [-0.3, -0.25) is 14.2 Å². The molecule has 6 heteroatoms. The first-order chi connectivity index (χ1) is 11.4. The Morgan fingerprint density at radius 2 is 2.00 bits per heavy atom. The van der Waals surface area contributed by atoms with Gasteiger partial charge in [0.25, 0.3) is 5.56 Å². The molecule has 1 saturated heterocycles. The summed E-state index contributed by atoms with van der Waals surface area (Å²) in [6.45, 7) is 5.43. The fourth-order valence-electron chi connectivity index (χ4n) is 3.53. The lowest BCUT2D eigenvalue weighted by Gasteiger charge is -2.22. The highest BCUT2D eigenvalue weighted by atomic mass is 16.2. The number of aryl methyl sites for hydroxylation is 1. The summed E-state index contributed by atoms with van der Waals surface area (Å²) in [5.41, 5.74) is 0.522. The third-order valence-electron chi connectivity index (χ3n) is 4.93. The molecule has 0 spiro atoms. The van der Waals surface area contributed by atoms with Gasteiger partial charge in [0.05, 0.1) is 10.9 Å². The summed E-state index contributed by atoms with van der Waals surface area (Å²) >= 11 is 0. The molecule has 6 nitrogen and oxygen atoms in total. The molecule has 1 aromatic carbocycles. The molecule has 1 amide bonds. The fourth-order valence-corrected chi connectivity index (χ4v) is 3.53. The molecule has 0 radical (unpaired) electrons. The molecule has 0 aliphatic carbocycles. The van der Waals surface area contributed by atoms with Crippen molar-refractivity contribution in [2.24, 2.45) is 5.92 Å². The minimum absolute atomic E-state index is 0.0199. The summed E-state index contributed by atoms with van der Waals surface area (Å²) in [5, 5.41) is 0.553. The van der Waals surface area contributed by atoms with Crippen LogP contribution in [0.2, 0.25) is 0 Å². The maximum absolute atomic E-state index is 12.7. The van der Waals surface area contributed by atoms with Crippen molar-refractivity contribution < 1.29 is 4.79 Å². The van der Waals surface area contributed by atoms with Crippen LogP contribution in [0.15, 0.2) is 29.1 Å². The fraction of sp³-hybridized carbons (Fsp3) is 0.500. The molecule has 3 rings (SSSR count). The van der Waals surface area contributed by atoms with Gasteiger partial charge in [0.2, 0.25) is 5.91 Å². The molecule has 1 fully saturated rings. The Labute approximate surface area is 141 Å². The topological polar surface area (TPSA) is 58.4 Å². The molecular weight excluding hydrogens is 304 g/mol. The molecule has 128 valence electrons. The lowest BCUT2D eigenvalue weighted by molar-refractivity contribution is -0.131. The van der Waals surface area contributed by atoms with Gasteiger partial charge in [-0.2, -0.15) is 0 Å². The Morgan fingerprint density at radius 3 is 2.67 bits per heavy atom. The number of carbonyl (C=O) groups excluding carboxylic acids is 1. The number of aromatic nitrogens is 2. The maximum atomic E-state index is 12.7. The number of rotatable bonds is 3. The summed E-state index contributed by atoms with van der Waals surface area (Å²) in [6.07, 6.45) is 0. The Bertz CT molecular complexity index is 827. The standard InChI is InChI=1S/C18H24N4O2/c1-12-9-21(10-16(12)20(3)4)17(23)11-22-13(2)19-15-8-6-5-7-14(15)18(22)24/h5-8,12,16H,9-11H2,1-4H3/t12-,16+/m0/s1. The van der Waals surface area contributed by atoms with E-state index in [1.54, 1.807) is 13.0 Å². The van der Waals surface area contributed by atoms with Gasteiger partial charge >= 0.3 is 0 Å². The van der Waals surface area contributed by atoms with Crippen LogP contribution in [0.5, 0.6) is 0 Å². The van der Waals surface area contributed by atoms with Gasteiger partial charge in [0.15, 0.2) is 0 Å². The van der Waals surface area contributed by atoms with Gasteiger partial charge in [-0.15, -0.1) is 0 Å². The first-order valence-corrected chi connectivity index (χ1v) is 8.29. The van der Waals surface area contributed by atoms with Crippen LogP contribution in [0.3, 0.4) is 0 Å². The number of hydrogen-bond donors (Lipinski definition) is 0. The number of carbonyl (C=O) groups is 1. The molecule has 2 atom stereocenters. The van der Waals surface area contributed by atoms with E-state index in [2.05, 4.69) is 16.8 Å². The van der Waals surface area contributed by atoms with E-state index in [-0.39, 0.29) is 18.0 Å². The van der Waals surface area contributed by atoms with Crippen LogP contribution in [0.4, 0.5) is 0 Å². The summed E-state index contributed by atoms with van der Waals surface area (Å²) < 4.78 is 1.48. The van der Waals surface area contributed by atoms with E-state index in [9.17, 15) is 9.59 Å². The average Bonchev–Trinajstić information content (AvgIpc) is 2.93. The number of nitrogens with zero attached hydrogens (tertiary/aromatic N) is 4. The largest absolute Gasteiger partial charge is 0.339 e. The zero-order valence-electron chi connectivity index (χ0n) is 14.7. The zero-order valence-corrected chi connectivity index (χ0v) is 14.7. The number of likely N-dealkylation sites (tertiary alicyclic amines) is 1. The molecule has 0 saturated carbocycles. The molecule has 2 heterocycles. The third kappa shape index (κ3) is 2.94. The van der Waals surface area contributed by atoms with E-state index in [4.69, 9.17) is 0 Å². The van der Waals surface area contributed by atoms with Gasteiger partial charge in [0.1, 0.15) is 12.4 Å². The van der Waals surface area contributed by atoms with Crippen molar-refractivity contribution in [3.63, 3.8) is 0 Å². The van der Waals surface area contributed by atoms with Crippen LogP contribution in [0.25, 0.3) is 10.9 Å². The van der Waals surface area contributed by atoms with Crippen molar-refractivity contribution in [2.75, 3.05) is 27.2 Å². The summed E-state index contributed by atoms with van der Waals surface area (Å²) in [7, 11) is 4.08. The number of fused-ring (bicyclic) bond motifs is 1. The monoisotopic (exact) mass is 328 g/mol. The number of hydrogen-bond acceptors (Lipinski definition) is 4. The second-order valence-electron chi connectivity index (χ2n) is 6.87. The average molecular weight is 328 g/mol. The predicted octanol–water partition coefficient (Wildman–Crippen LogP) is 1.11. The SMILES string of the molecule is Cc1nc2ccccc2c(=O)n1CC(=O)N1C[C@@H](N(C)C)[C@@H](C)C1. The second-order valence-corrected chi connectivity index (χ2v) is 6.87. The quantitative estimate of drug-likeness (QED) is 0.847. The number of para-hydroxylation sites is 1. The van der Waals surface area contributed by atoms with Crippen molar-refractivity contribution in [3.05, 3.63) is 40.4 Å². The van der Waals surface area contributed by atoms with E-state index in [1.165, 1.54) is 4.57 Å². The molecule has 24 heavy (non-hydrogen) atoms. The Hall–Kier alpha value is -2.21. The first kappa shape index (κ1) is 16.6. The number of likely N-dealkylation sites (N-methyl/N-ethyl adjacent to an activating group) is 1. The van der Waals surface area contributed by atoms with Gasteiger partial charge in [-0.25, -0.2) is 4.98 Å². The predicted molar refractivity (Wildman–Crippen MR) is 94.0 cm³/mol.